The van der Waals surface area contributed by atoms with Crippen LogP contribution in [0.5, 0.6) is 0 Å². The van der Waals surface area contributed by atoms with E-state index < -0.39 is 13.0 Å². The first kappa shape index (κ1) is 17.3. The second-order valence-electron chi connectivity index (χ2n) is 5.79. The summed E-state index contributed by atoms with van der Waals surface area (Å²) in [5, 5.41) is 11.8. The van der Waals surface area contributed by atoms with Gasteiger partial charge in [0.25, 0.3) is 6.43 Å². The molecule has 0 aromatic heterocycles. The van der Waals surface area contributed by atoms with Crippen LogP contribution in [0.1, 0.15) is 33.1 Å². The molecule has 1 rings (SSSR count). The quantitative estimate of drug-likeness (QED) is 0.747. The van der Waals surface area contributed by atoms with Crippen LogP contribution in [0.4, 0.5) is 8.78 Å². The van der Waals surface area contributed by atoms with Crippen molar-refractivity contribution in [1.29, 1.82) is 0 Å². The lowest BCUT2D eigenvalue weighted by molar-refractivity contribution is -0.124. The van der Waals surface area contributed by atoms with E-state index in [0.29, 0.717) is 11.8 Å². The maximum absolute atomic E-state index is 12.4. The highest BCUT2D eigenvalue weighted by Crippen LogP contribution is 2.29. The van der Waals surface area contributed by atoms with Crippen LogP contribution >= 0.6 is 0 Å². The second-order valence-corrected chi connectivity index (χ2v) is 5.79. The van der Waals surface area contributed by atoms with E-state index in [1.807, 2.05) is 0 Å². The fraction of sp³-hybridized carbons (Fsp3) is 0.929. The van der Waals surface area contributed by atoms with Gasteiger partial charge >= 0.3 is 0 Å². The molecule has 3 atom stereocenters. The predicted octanol–water partition coefficient (Wildman–Crippen LogP) is 1.49. The number of aliphatic hydroxyl groups is 1. The van der Waals surface area contributed by atoms with Crippen LogP contribution in [0.25, 0.3) is 0 Å². The molecular formula is C14H26F2N2O2. The SMILES string of the molecule is CC1CCCC(NC(=O)CN(CCO)CC(F)F)C1C. The molecule has 20 heavy (non-hydrogen) atoms. The van der Waals surface area contributed by atoms with Crippen molar-refractivity contribution in [1.82, 2.24) is 10.2 Å². The molecule has 3 unspecified atom stereocenters. The first-order chi connectivity index (χ1) is 9.43. The Morgan fingerprint density at radius 1 is 1.40 bits per heavy atom. The van der Waals surface area contributed by atoms with Crippen molar-refractivity contribution in [2.45, 2.75) is 45.6 Å². The highest BCUT2D eigenvalue weighted by atomic mass is 19.3. The maximum atomic E-state index is 12.4. The van der Waals surface area contributed by atoms with E-state index in [-0.39, 0.29) is 31.6 Å². The normalized spacial score (nSPS) is 27.1. The number of nitrogens with zero attached hydrogens (tertiary/aromatic N) is 1. The van der Waals surface area contributed by atoms with Gasteiger partial charge in [-0.1, -0.05) is 26.7 Å². The van der Waals surface area contributed by atoms with Gasteiger partial charge in [0.2, 0.25) is 5.91 Å². The number of nitrogens with one attached hydrogen (secondary N) is 1. The molecule has 1 aliphatic carbocycles. The number of amides is 1. The molecule has 0 aromatic rings. The van der Waals surface area contributed by atoms with Crippen LogP contribution in [0, 0.1) is 11.8 Å². The molecule has 4 nitrogen and oxygen atoms in total. The zero-order chi connectivity index (χ0) is 15.1. The van der Waals surface area contributed by atoms with Crippen LogP contribution < -0.4 is 5.32 Å². The second kappa shape index (κ2) is 8.52. The molecule has 0 aliphatic heterocycles. The summed E-state index contributed by atoms with van der Waals surface area (Å²) in [4.78, 5) is 13.2. The smallest absolute Gasteiger partial charge is 0.251 e. The Bertz CT molecular complexity index is 303. The Kier molecular flexibility index (Phi) is 7.37. The number of rotatable bonds is 7. The molecule has 118 valence electrons. The molecule has 0 aromatic carbocycles. The summed E-state index contributed by atoms with van der Waals surface area (Å²) in [5.74, 6) is 0.753. The number of hydrogen-bond acceptors (Lipinski definition) is 3. The fourth-order valence-electron chi connectivity index (χ4n) is 2.81. The Morgan fingerprint density at radius 3 is 2.70 bits per heavy atom. The maximum Gasteiger partial charge on any atom is 0.251 e. The Labute approximate surface area is 119 Å². The molecule has 1 amide bonds. The molecule has 0 radical (unpaired) electrons. The first-order valence-corrected chi connectivity index (χ1v) is 7.34. The summed E-state index contributed by atoms with van der Waals surface area (Å²) in [6.45, 7) is 3.61. The van der Waals surface area contributed by atoms with Gasteiger partial charge in [0.1, 0.15) is 0 Å². The zero-order valence-corrected chi connectivity index (χ0v) is 12.3. The van der Waals surface area contributed by atoms with Gasteiger partial charge in [0, 0.05) is 12.6 Å². The Morgan fingerprint density at radius 2 is 2.10 bits per heavy atom. The average molecular weight is 292 g/mol. The number of alkyl halides is 2. The van der Waals surface area contributed by atoms with Crippen molar-refractivity contribution in [3.05, 3.63) is 0 Å². The van der Waals surface area contributed by atoms with Crippen molar-refractivity contribution < 1.29 is 18.7 Å². The van der Waals surface area contributed by atoms with Crippen LogP contribution in [0.15, 0.2) is 0 Å². The van der Waals surface area contributed by atoms with Gasteiger partial charge in [-0.15, -0.1) is 0 Å². The average Bonchev–Trinajstić information content (AvgIpc) is 2.34. The molecule has 1 aliphatic rings. The van der Waals surface area contributed by atoms with Gasteiger partial charge in [0.05, 0.1) is 19.7 Å². The molecule has 0 heterocycles. The number of hydrogen-bond donors (Lipinski definition) is 2. The Balaban J connectivity index is 2.44. The van der Waals surface area contributed by atoms with Gasteiger partial charge in [-0.25, -0.2) is 8.78 Å². The minimum atomic E-state index is -2.50. The Hall–Kier alpha value is -0.750. The van der Waals surface area contributed by atoms with Crippen molar-refractivity contribution in [3.8, 4) is 0 Å². The fourth-order valence-corrected chi connectivity index (χ4v) is 2.81. The van der Waals surface area contributed by atoms with E-state index in [0.717, 1.165) is 12.8 Å². The van der Waals surface area contributed by atoms with Gasteiger partial charge < -0.3 is 10.4 Å². The lowest BCUT2D eigenvalue weighted by Crippen LogP contribution is -2.48. The van der Waals surface area contributed by atoms with Crippen molar-refractivity contribution in [2.24, 2.45) is 11.8 Å². The molecule has 1 saturated carbocycles. The lowest BCUT2D eigenvalue weighted by Gasteiger charge is -2.35. The van der Waals surface area contributed by atoms with Gasteiger partial charge in [0.15, 0.2) is 0 Å². The van der Waals surface area contributed by atoms with E-state index in [1.54, 1.807) is 0 Å². The molecule has 0 spiro atoms. The molecule has 0 bridgehead atoms. The minimum absolute atomic E-state index is 0.0809. The summed E-state index contributed by atoms with van der Waals surface area (Å²) >= 11 is 0. The van der Waals surface area contributed by atoms with Crippen molar-refractivity contribution in [3.63, 3.8) is 0 Å². The summed E-state index contributed by atoms with van der Waals surface area (Å²) < 4.78 is 24.8. The van der Waals surface area contributed by atoms with Crippen LogP contribution in [-0.2, 0) is 4.79 Å². The van der Waals surface area contributed by atoms with Crippen LogP contribution in [0.2, 0.25) is 0 Å². The summed E-state index contributed by atoms with van der Waals surface area (Å²) in [5.41, 5.74) is 0. The summed E-state index contributed by atoms with van der Waals surface area (Å²) in [6, 6.07) is 0.133. The molecular weight excluding hydrogens is 266 g/mol. The monoisotopic (exact) mass is 292 g/mol. The molecule has 1 fully saturated rings. The van der Waals surface area contributed by atoms with Gasteiger partial charge in [-0.3, -0.25) is 9.69 Å². The van der Waals surface area contributed by atoms with E-state index in [2.05, 4.69) is 19.2 Å². The highest BCUT2D eigenvalue weighted by molar-refractivity contribution is 5.78. The molecule has 2 N–H and O–H groups in total. The van der Waals surface area contributed by atoms with Gasteiger partial charge in [-0.05, 0) is 18.3 Å². The van der Waals surface area contributed by atoms with Crippen molar-refractivity contribution in [2.75, 3.05) is 26.2 Å². The van der Waals surface area contributed by atoms with E-state index in [4.69, 9.17) is 5.11 Å². The van der Waals surface area contributed by atoms with E-state index >= 15 is 0 Å². The van der Waals surface area contributed by atoms with Crippen molar-refractivity contribution >= 4 is 5.91 Å². The molecule has 6 heteroatoms. The first-order valence-electron chi connectivity index (χ1n) is 7.34. The third-order valence-electron chi connectivity index (χ3n) is 4.23. The number of halogens is 2. The third-order valence-corrected chi connectivity index (χ3v) is 4.23. The number of carbonyl (C=O) groups is 1. The predicted molar refractivity (Wildman–Crippen MR) is 73.6 cm³/mol. The zero-order valence-electron chi connectivity index (χ0n) is 12.3. The van der Waals surface area contributed by atoms with E-state index in [1.165, 1.54) is 11.3 Å². The topological polar surface area (TPSA) is 52.6 Å². The van der Waals surface area contributed by atoms with Gasteiger partial charge in [-0.2, -0.15) is 0 Å². The highest BCUT2D eigenvalue weighted by Gasteiger charge is 2.28. The van der Waals surface area contributed by atoms with Crippen LogP contribution in [0.3, 0.4) is 0 Å². The lowest BCUT2D eigenvalue weighted by atomic mass is 9.78. The minimum Gasteiger partial charge on any atom is -0.395 e. The largest absolute Gasteiger partial charge is 0.395 e. The summed E-state index contributed by atoms with van der Waals surface area (Å²) in [6.07, 6.45) is 0.721. The number of aliphatic hydroxyl groups excluding tert-OH is 1. The standard InChI is InChI=1S/C14H26F2N2O2/c1-10-4-3-5-12(11(10)2)17-14(20)9-18(6-7-19)8-13(15)16/h10-13,19H,3-9H2,1-2H3,(H,17,20). The summed E-state index contributed by atoms with van der Waals surface area (Å²) in [7, 11) is 0. The number of carbonyl (C=O) groups excluding carboxylic acids is 1. The van der Waals surface area contributed by atoms with Crippen LogP contribution in [-0.4, -0.2) is 54.6 Å². The molecule has 0 saturated heterocycles. The van der Waals surface area contributed by atoms with E-state index in [9.17, 15) is 13.6 Å². The third kappa shape index (κ3) is 5.71.